The van der Waals surface area contributed by atoms with Crippen LogP contribution in [0.3, 0.4) is 0 Å². The lowest BCUT2D eigenvalue weighted by molar-refractivity contribution is 0.0762. The fraction of sp³-hybridized carbons (Fsp3) is 0.450. The average molecular weight is 352 g/mol. The van der Waals surface area contributed by atoms with Crippen LogP contribution in [-0.2, 0) is 24.4 Å². The van der Waals surface area contributed by atoms with Crippen molar-refractivity contribution in [2.24, 2.45) is 0 Å². The van der Waals surface area contributed by atoms with Crippen LogP contribution in [-0.4, -0.2) is 45.2 Å². The zero-order valence-corrected chi connectivity index (χ0v) is 14.9. The number of imidazole rings is 1. The summed E-state index contributed by atoms with van der Waals surface area (Å²) in [6.07, 6.45) is 6.39. The van der Waals surface area contributed by atoms with E-state index in [-0.39, 0.29) is 0 Å². The maximum absolute atomic E-state index is 6.32. The Balaban J connectivity index is 1.20. The van der Waals surface area contributed by atoms with Crippen molar-refractivity contribution in [1.82, 2.24) is 19.4 Å². The van der Waals surface area contributed by atoms with Gasteiger partial charge in [0.1, 0.15) is 24.3 Å². The van der Waals surface area contributed by atoms with E-state index in [1.54, 1.807) is 0 Å². The molecule has 1 saturated heterocycles. The topological polar surface area (TPSA) is 55.3 Å². The third-order valence-electron chi connectivity index (χ3n) is 5.48. The highest BCUT2D eigenvalue weighted by Gasteiger charge is 2.23. The van der Waals surface area contributed by atoms with Gasteiger partial charge in [0.2, 0.25) is 0 Å². The molecule has 0 amide bonds. The first-order valence-electron chi connectivity index (χ1n) is 9.43. The molecule has 2 aliphatic heterocycles. The third kappa shape index (κ3) is 2.99. The molecular formula is C20H24N4O2. The fourth-order valence-electron chi connectivity index (χ4n) is 4.04. The highest BCUT2D eigenvalue weighted by Crippen LogP contribution is 2.28. The summed E-state index contributed by atoms with van der Waals surface area (Å²) in [6, 6.07) is 8.30. The number of aromatic nitrogens is 3. The lowest BCUT2D eigenvalue weighted by atomic mass is 10.1. The van der Waals surface area contributed by atoms with Crippen molar-refractivity contribution in [3.05, 3.63) is 48.2 Å². The van der Waals surface area contributed by atoms with Crippen LogP contribution in [0.25, 0.3) is 10.9 Å². The van der Waals surface area contributed by atoms with Crippen LogP contribution < -0.4 is 4.74 Å². The molecule has 0 unspecified atom stereocenters. The number of piperidine rings is 1. The van der Waals surface area contributed by atoms with Gasteiger partial charge in [0, 0.05) is 49.5 Å². The molecule has 3 aromatic rings. The number of aromatic amines is 1. The highest BCUT2D eigenvalue weighted by atomic mass is 16.5. The Hall–Kier alpha value is -2.31. The van der Waals surface area contributed by atoms with Crippen molar-refractivity contribution >= 4 is 10.9 Å². The van der Waals surface area contributed by atoms with Gasteiger partial charge in [-0.25, -0.2) is 4.98 Å². The minimum Gasteiger partial charge on any atom is -0.490 e. The molecule has 2 aliphatic rings. The number of nitrogens with zero attached hydrogens (tertiary/aromatic N) is 3. The van der Waals surface area contributed by atoms with E-state index in [0.717, 1.165) is 62.7 Å². The summed E-state index contributed by atoms with van der Waals surface area (Å²) < 4.78 is 14.1. The first-order chi connectivity index (χ1) is 12.9. The number of nitrogens with one attached hydrogen (secondary N) is 1. The summed E-state index contributed by atoms with van der Waals surface area (Å²) in [7, 11) is 0. The summed E-state index contributed by atoms with van der Waals surface area (Å²) >= 11 is 0. The zero-order valence-electron chi connectivity index (χ0n) is 14.9. The summed E-state index contributed by atoms with van der Waals surface area (Å²) in [4.78, 5) is 10.3. The molecule has 1 aromatic carbocycles. The van der Waals surface area contributed by atoms with Gasteiger partial charge in [0.25, 0.3) is 0 Å². The largest absolute Gasteiger partial charge is 0.490 e. The lowest BCUT2D eigenvalue weighted by Gasteiger charge is -2.32. The molecule has 0 spiro atoms. The van der Waals surface area contributed by atoms with E-state index in [2.05, 4.69) is 43.7 Å². The first kappa shape index (κ1) is 15.9. The van der Waals surface area contributed by atoms with Crippen LogP contribution in [0.5, 0.6) is 5.75 Å². The molecule has 6 nitrogen and oxygen atoms in total. The van der Waals surface area contributed by atoms with E-state index in [0.29, 0.717) is 12.7 Å². The van der Waals surface area contributed by atoms with Gasteiger partial charge < -0.3 is 19.0 Å². The molecule has 6 heteroatoms. The highest BCUT2D eigenvalue weighted by molar-refractivity contribution is 5.85. The molecule has 0 atom stereocenters. The minimum atomic E-state index is 0.291. The molecular weight excluding hydrogens is 328 g/mol. The van der Waals surface area contributed by atoms with Gasteiger partial charge in [0.05, 0.1) is 12.3 Å². The smallest absolute Gasteiger partial charge is 0.135 e. The molecule has 1 N–H and O–H groups in total. The molecule has 0 radical (unpaired) electrons. The predicted octanol–water partition coefficient (Wildman–Crippen LogP) is 2.94. The Morgan fingerprint density at radius 3 is 3.04 bits per heavy atom. The van der Waals surface area contributed by atoms with Crippen molar-refractivity contribution in [1.29, 1.82) is 0 Å². The minimum absolute atomic E-state index is 0.291. The zero-order chi connectivity index (χ0) is 17.3. The molecule has 0 bridgehead atoms. The standard InChI is InChI=1S/C20H24N4O2/c1-2-18-17(4-7-21-18)19(3-1)26-16-5-8-23(9-6-16)13-15-12-22-20-14-25-11-10-24(15)20/h1-4,7,12,16,21H,5-6,8-11,13-14H2. The number of likely N-dealkylation sites (tertiary alicyclic amines) is 1. The van der Waals surface area contributed by atoms with Gasteiger partial charge in [-0.15, -0.1) is 0 Å². The predicted molar refractivity (Wildman–Crippen MR) is 99.1 cm³/mol. The average Bonchev–Trinajstić information content (AvgIpc) is 3.31. The van der Waals surface area contributed by atoms with Crippen LogP contribution in [0.1, 0.15) is 24.4 Å². The number of ether oxygens (including phenoxy) is 2. The van der Waals surface area contributed by atoms with Crippen LogP contribution >= 0.6 is 0 Å². The normalized spacial score (nSPS) is 18.9. The van der Waals surface area contributed by atoms with E-state index in [4.69, 9.17) is 9.47 Å². The molecule has 4 heterocycles. The molecule has 0 saturated carbocycles. The molecule has 2 aromatic heterocycles. The maximum atomic E-state index is 6.32. The molecule has 136 valence electrons. The Kier molecular flexibility index (Phi) is 4.15. The number of hydrogen-bond donors (Lipinski definition) is 1. The Morgan fingerprint density at radius 1 is 1.19 bits per heavy atom. The number of H-pyrrole nitrogens is 1. The lowest BCUT2D eigenvalue weighted by Crippen LogP contribution is -2.38. The third-order valence-corrected chi connectivity index (χ3v) is 5.48. The van der Waals surface area contributed by atoms with Crippen molar-refractivity contribution in [2.45, 2.75) is 38.6 Å². The Labute approximate surface area is 152 Å². The van der Waals surface area contributed by atoms with E-state index >= 15 is 0 Å². The second-order valence-electron chi connectivity index (χ2n) is 7.16. The van der Waals surface area contributed by atoms with Crippen molar-refractivity contribution in [3.8, 4) is 5.75 Å². The van der Waals surface area contributed by atoms with Crippen molar-refractivity contribution in [3.63, 3.8) is 0 Å². The Morgan fingerprint density at radius 2 is 2.12 bits per heavy atom. The maximum Gasteiger partial charge on any atom is 0.135 e. The summed E-state index contributed by atoms with van der Waals surface area (Å²) in [5.74, 6) is 2.05. The molecule has 5 rings (SSSR count). The number of hydrogen-bond acceptors (Lipinski definition) is 4. The van der Waals surface area contributed by atoms with Crippen LogP contribution in [0, 0.1) is 0 Å². The Bertz CT molecular complexity index is 892. The van der Waals surface area contributed by atoms with Gasteiger partial charge in [-0.3, -0.25) is 4.90 Å². The van der Waals surface area contributed by atoms with Crippen LogP contribution in [0.4, 0.5) is 0 Å². The van der Waals surface area contributed by atoms with Crippen LogP contribution in [0.2, 0.25) is 0 Å². The first-order valence-corrected chi connectivity index (χ1v) is 9.43. The monoisotopic (exact) mass is 352 g/mol. The fourth-order valence-corrected chi connectivity index (χ4v) is 4.04. The van der Waals surface area contributed by atoms with E-state index in [9.17, 15) is 0 Å². The molecule has 0 aliphatic carbocycles. The molecule has 1 fully saturated rings. The summed E-state index contributed by atoms with van der Waals surface area (Å²) in [6.45, 7) is 5.44. The van der Waals surface area contributed by atoms with E-state index < -0.39 is 0 Å². The second-order valence-corrected chi connectivity index (χ2v) is 7.16. The van der Waals surface area contributed by atoms with Gasteiger partial charge in [-0.1, -0.05) is 6.07 Å². The van der Waals surface area contributed by atoms with Crippen molar-refractivity contribution < 1.29 is 9.47 Å². The number of rotatable bonds is 4. The van der Waals surface area contributed by atoms with E-state index in [1.807, 2.05) is 12.4 Å². The second kappa shape index (κ2) is 6.78. The number of benzene rings is 1. The van der Waals surface area contributed by atoms with Crippen molar-refractivity contribution in [2.75, 3.05) is 19.7 Å². The summed E-state index contributed by atoms with van der Waals surface area (Å²) in [5.41, 5.74) is 2.44. The molecule has 26 heavy (non-hydrogen) atoms. The van der Waals surface area contributed by atoms with Gasteiger partial charge >= 0.3 is 0 Å². The van der Waals surface area contributed by atoms with Gasteiger partial charge in [0.15, 0.2) is 0 Å². The number of fused-ring (bicyclic) bond motifs is 2. The van der Waals surface area contributed by atoms with E-state index in [1.165, 1.54) is 11.1 Å². The quantitative estimate of drug-likeness (QED) is 0.784. The summed E-state index contributed by atoms with van der Waals surface area (Å²) in [5, 5.41) is 1.17. The SMILES string of the molecule is c1cc(OC2CCN(Cc3cnc4n3CCOC4)CC2)c2cc[nH]c2c1. The van der Waals surface area contributed by atoms with Crippen LogP contribution in [0.15, 0.2) is 36.7 Å². The van der Waals surface area contributed by atoms with Gasteiger partial charge in [-0.2, -0.15) is 0 Å². The van der Waals surface area contributed by atoms with Gasteiger partial charge in [-0.05, 0) is 31.0 Å².